The minimum atomic E-state index is -0.551. The van der Waals surface area contributed by atoms with Crippen molar-refractivity contribution in [2.45, 2.75) is 42.4 Å². The second-order valence-electron chi connectivity index (χ2n) is 11.8. The number of likely N-dealkylation sites (tertiary alicyclic amines) is 1. The summed E-state index contributed by atoms with van der Waals surface area (Å²) >= 11 is 6.18. The molecule has 8 rings (SSSR count). The summed E-state index contributed by atoms with van der Waals surface area (Å²) in [6.45, 7) is 1.42. The van der Waals surface area contributed by atoms with E-state index in [4.69, 9.17) is 26.1 Å². The number of benzene rings is 3. The van der Waals surface area contributed by atoms with Crippen LogP contribution in [0.5, 0.6) is 11.5 Å². The van der Waals surface area contributed by atoms with Crippen molar-refractivity contribution in [1.82, 2.24) is 9.88 Å². The van der Waals surface area contributed by atoms with Gasteiger partial charge in [-0.15, -0.1) is 0 Å². The fourth-order valence-corrected chi connectivity index (χ4v) is 8.23. The van der Waals surface area contributed by atoms with Gasteiger partial charge in [0, 0.05) is 34.8 Å². The molecule has 2 bridgehead atoms. The molecular weight excluding hydrogens is 532 g/mol. The number of hydrogen-bond donors (Lipinski definition) is 1. The fraction of sp³-hybridized carbons (Fsp3) is 0.286. The molecule has 5 nitrogen and oxygen atoms in total. The van der Waals surface area contributed by atoms with Gasteiger partial charge in [0.25, 0.3) is 0 Å². The van der Waals surface area contributed by atoms with Gasteiger partial charge in [-0.1, -0.05) is 72.3 Å². The van der Waals surface area contributed by atoms with Gasteiger partial charge in [0.2, 0.25) is 0 Å². The number of phenols is 1. The van der Waals surface area contributed by atoms with E-state index in [1.165, 1.54) is 5.56 Å². The summed E-state index contributed by atoms with van der Waals surface area (Å²) in [6, 6.07) is 24.5. The number of pyridine rings is 1. The summed E-state index contributed by atoms with van der Waals surface area (Å²) in [5.74, 6) is 0.807. The van der Waals surface area contributed by atoms with E-state index in [0.717, 1.165) is 59.3 Å². The van der Waals surface area contributed by atoms with Crippen LogP contribution >= 0.6 is 11.6 Å². The Morgan fingerprint density at radius 1 is 1.07 bits per heavy atom. The first-order valence-electron chi connectivity index (χ1n) is 14.3. The van der Waals surface area contributed by atoms with Crippen molar-refractivity contribution in [3.05, 3.63) is 118 Å². The Morgan fingerprint density at radius 3 is 2.73 bits per heavy atom. The highest BCUT2D eigenvalue weighted by Crippen LogP contribution is 2.69. The van der Waals surface area contributed by atoms with Crippen molar-refractivity contribution in [3.8, 4) is 22.6 Å². The third-order valence-corrected chi connectivity index (χ3v) is 10.1. The van der Waals surface area contributed by atoms with Crippen LogP contribution in [-0.4, -0.2) is 46.8 Å². The van der Waals surface area contributed by atoms with Crippen LogP contribution in [0.15, 0.2) is 85.1 Å². The lowest BCUT2D eigenvalue weighted by atomic mass is 9.48. The van der Waals surface area contributed by atoms with Crippen molar-refractivity contribution in [1.29, 1.82) is 0 Å². The van der Waals surface area contributed by atoms with Crippen molar-refractivity contribution in [2.75, 3.05) is 20.2 Å². The molecule has 4 atom stereocenters. The molecule has 1 aromatic heterocycles. The Bertz CT molecular complexity index is 1690. The summed E-state index contributed by atoms with van der Waals surface area (Å²) < 4.78 is 14.0. The zero-order valence-electron chi connectivity index (χ0n) is 22.9. The first-order valence-corrected chi connectivity index (χ1v) is 14.7. The van der Waals surface area contributed by atoms with Gasteiger partial charge in [0.15, 0.2) is 17.6 Å². The molecular formula is C35H31ClN2O3. The lowest BCUT2D eigenvalue weighted by molar-refractivity contribution is -0.195. The number of hydrogen-bond acceptors (Lipinski definition) is 5. The van der Waals surface area contributed by atoms with Crippen LogP contribution in [0.25, 0.3) is 17.2 Å². The standard InChI is InChI=1S/C35H31ClN2O3/c1-38-16-15-34-30-24-11-14-28(39)32(30)41-33(34)31-25(18-26(21-37-31)23-9-12-27(36)13-10-23)20-35(34,29(38)19-24)40-17-5-8-22-6-3-2-4-7-22/h2-14,18,21,29,33,39H,15-17,19-20H2,1H3/b8-5+/t29?,33-,34-,35+/m0/s1. The number of nitrogens with zero attached hydrogens (tertiary/aromatic N) is 2. The average molecular weight is 563 g/mol. The van der Waals surface area contributed by atoms with Gasteiger partial charge in [0.1, 0.15) is 5.60 Å². The van der Waals surface area contributed by atoms with Crippen LogP contribution in [0, 0.1) is 0 Å². The van der Waals surface area contributed by atoms with E-state index >= 15 is 0 Å². The Hall–Kier alpha value is -3.64. The average Bonchev–Trinajstić information content (AvgIpc) is 3.35. The highest BCUT2D eigenvalue weighted by atomic mass is 35.5. The molecule has 3 heterocycles. The summed E-state index contributed by atoms with van der Waals surface area (Å²) in [6.07, 6.45) is 8.30. The molecule has 3 aromatic carbocycles. The van der Waals surface area contributed by atoms with Crippen LogP contribution in [0.1, 0.15) is 40.5 Å². The van der Waals surface area contributed by atoms with Crippen LogP contribution in [0.3, 0.4) is 0 Å². The first kappa shape index (κ1) is 25.1. The van der Waals surface area contributed by atoms with E-state index in [9.17, 15) is 5.11 Å². The molecule has 1 unspecified atom stereocenters. The summed E-state index contributed by atoms with van der Waals surface area (Å²) in [5.41, 5.74) is 6.75. The maximum atomic E-state index is 11.0. The van der Waals surface area contributed by atoms with Crippen molar-refractivity contribution >= 4 is 17.7 Å². The Morgan fingerprint density at radius 2 is 1.90 bits per heavy atom. The van der Waals surface area contributed by atoms with Gasteiger partial charge in [-0.05, 0) is 73.0 Å². The van der Waals surface area contributed by atoms with E-state index in [-0.39, 0.29) is 17.9 Å². The fourth-order valence-electron chi connectivity index (χ4n) is 8.10. The number of likely N-dealkylation sites (N-methyl/N-ethyl adjacent to an activating group) is 1. The van der Waals surface area contributed by atoms with Gasteiger partial charge < -0.3 is 19.5 Å². The molecule has 0 saturated carbocycles. The van der Waals surface area contributed by atoms with Gasteiger partial charge in [-0.25, -0.2) is 0 Å². The number of rotatable bonds is 5. The minimum Gasteiger partial charge on any atom is -0.504 e. The van der Waals surface area contributed by atoms with Crippen molar-refractivity contribution in [2.24, 2.45) is 0 Å². The third kappa shape index (κ3) is 3.52. The molecule has 1 fully saturated rings. The molecule has 0 amide bonds. The SMILES string of the molecule is CN1CC[C@]23c4c5ccc(O)c4O[C@H]2c2ncc(-c4ccc(Cl)cc4)cc2C[C@@]3(OC/C=C/c2ccccc2)C1C5. The number of piperidine rings is 1. The molecule has 41 heavy (non-hydrogen) atoms. The predicted octanol–water partition coefficient (Wildman–Crippen LogP) is 6.76. The van der Waals surface area contributed by atoms with Gasteiger partial charge in [-0.2, -0.15) is 0 Å². The van der Waals surface area contributed by atoms with Crippen molar-refractivity contribution < 1.29 is 14.6 Å². The van der Waals surface area contributed by atoms with Gasteiger partial charge >= 0.3 is 0 Å². The molecule has 4 aliphatic rings. The maximum absolute atomic E-state index is 11.0. The summed E-state index contributed by atoms with van der Waals surface area (Å²) in [4.78, 5) is 7.54. The molecule has 1 spiro atoms. The smallest absolute Gasteiger partial charge is 0.166 e. The summed E-state index contributed by atoms with van der Waals surface area (Å²) in [5, 5.41) is 11.7. The number of halogens is 1. The van der Waals surface area contributed by atoms with E-state index in [0.29, 0.717) is 17.4 Å². The second-order valence-corrected chi connectivity index (χ2v) is 12.3. The van der Waals surface area contributed by atoms with Crippen LogP contribution in [0.2, 0.25) is 5.02 Å². The van der Waals surface area contributed by atoms with Gasteiger partial charge in [0.05, 0.1) is 17.7 Å². The molecule has 2 aliphatic carbocycles. The monoisotopic (exact) mass is 562 g/mol. The molecule has 6 heteroatoms. The van der Waals surface area contributed by atoms with E-state index in [1.807, 2.05) is 48.7 Å². The highest BCUT2D eigenvalue weighted by molar-refractivity contribution is 6.30. The highest BCUT2D eigenvalue weighted by Gasteiger charge is 2.73. The topological polar surface area (TPSA) is 54.8 Å². The normalized spacial score (nSPS) is 27.4. The van der Waals surface area contributed by atoms with E-state index in [2.05, 4.69) is 48.4 Å². The van der Waals surface area contributed by atoms with Crippen LogP contribution in [-0.2, 0) is 23.0 Å². The Balaban J connectivity index is 1.29. The first-order chi connectivity index (χ1) is 20.0. The van der Waals surface area contributed by atoms with Crippen LogP contribution in [0.4, 0.5) is 0 Å². The molecule has 2 aliphatic heterocycles. The van der Waals surface area contributed by atoms with E-state index in [1.54, 1.807) is 6.07 Å². The molecule has 4 aromatic rings. The van der Waals surface area contributed by atoms with Gasteiger partial charge in [-0.3, -0.25) is 4.98 Å². The Kier molecular flexibility index (Phi) is 5.62. The number of aromatic nitrogens is 1. The Labute approximate surface area is 245 Å². The minimum absolute atomic E-state index is 0.155. The van der Waals surface area contributed by atoms with Crippen molar-refractivity contribution in [3.63, 3.8) is 0 Å². The number of fused-ring (bicyclic) bond motifs is 2. The summed E-state index contributed by atoms with van der Waals surface area (Å²) in [7, 11) is 2.22. The number of aromatic hydroxyl groups is 1. The largest absolute Gasteiger partial charge is 0.504 e. The molecule has 206 valence electrons. The maximum Gasteiger partial charge on any atom is 0.166 e. The molecule has 1 N–H and O–H groups in total. The predicted molar refractivity (Wildman–Crippen MR) is 160 cm³/mol. The lowest BCUT2D eigenvalue weighted by Crippen LogP contribution is -2.75. The van der Waals surface area contributed by atoms with E-state index < -0.39 is 11.0 Å². The second kappa shape index (κ2) is 9.18. The lowest BCUT2D eigenvalue weighted by Gasteiger charge is -2.64. The molecule has 0 radical (unpaired) electrons. The number of ether oxygens (including phenoxy) is 2. The quantitative estimate of drug-likeness (QED) is 0.291. The third-order valence-electron chi connectivity index (χ3n) is 9.88. The zero-order chi connectivity index (χ0) is 27.8. The molecule has 1 saturated heterocycles. The van der Waals surface area contributed by atoms with Crippen LogP contribution < -0.4 is 4.74 Å². The number of phenolic OH excluding ortho intramolecular Hbond substituents is 1. The zero-order valence-corrected chi connectivity index (χ0v) is 23.6.